The summed E-state index contributed by atoms with van der Waals surface area (Å²) in [4.78, 5) is -0.0238. The van der Waals surface area contributed by atoms with E-state index in [1.807, 2.05) is 0 Å². The van der Waals surface area contributed by atoms with E-state index in [0.29, 0.717) is 0 Å². The first-order chi connectivity index (χ1) is 8.71. The number of sulfonamides is 1. The third kappa shape index (κ3) is 4.09. The molecule has 0 aromatic heterocycles. The van der Waals surface area contributed by atoms with Gasteiger partial charge in [0.15, 0.2) is 4.90 Å². The summed E-state index contributed by atoms with van der Waals surface area (Å²) in [5.41, 5.74) is 5.12. The van der Waals surface area contributed by atoms with Crippen molar-refractivity contribution in [1.29, 1.82) is 0 Å². The van der Waals surface area contributed by atoms with Gasteiger partial charge in [0.1, 0.15) is 11.5 Å². The highest BCUT2D eigenvalue weighted by molar-refractivity contribution is 7.89. The van der Waals surface area contributed by atoms with Gasteiger partial charge in [-0.25, -0.2) is 13.1 Å². The van der Waals surface area contributed by atoms with Crippen molar-refractivity contribution in [1.82, 2.24) is 4.72 Å². The molecule has 7 heteroatoms. The van der Waals surface area contributed by atoms with Crippen molar-refractivity contribution in [2.75, 3.05) is 20.8 Å². The van der Waals surface area contributed by atoms with Crippen LogP contribution in [-0.2, 0) is 10.0 Å². The summed E-state index contributed by atoms with van der Waals surface area (Å²) in [5, 5.41) is 0. The first kappa shape index (κ1) is 15.7. The second kappa shape index (κ2) is 5.77. The van der Waals surface area contributed by atoms with Gasteiger partial charge in [-0.3, -0.25) is 0 Å². The number of rotatable bonds is 6. The van der Waals surface area contributed by atoms with Crippen LogP contribution in [0.5, 0.6) is 11.5 Å². The van der Waals surface area contributed by atoms with E-state index < -0.39 is 15.6 Å². The monoisotopic (exact) mass is 288 g/mol. The standard InChI is InChI=1S/C12H20N2O4S/c1-12(2,13)8-14-19(15,16)11-9(17-3)6-5-7-10(11)18-4/h5-7,14H,8,13H2,1-4H3. The van der Waals surface area contributed by atoms with E-state index >= 15 is 0 Å². The number of hydrogen-bond donors (Lipinski definition) is 2. The van der Waals surface area contributed by atoms with E-state index in [1.165, 1.54) is 14.2 Å². The number of ether oxygens (including phenoxy) is 2. The molecule has 0 saturated heterocycles. The Morgan fingerprint density at radius 1 is 1.21 bits per heavy atom. The number of nitrogens with two attached hydrogens (primary N) is 1. The maximum Gasteiger partial charge on any atom is 0.248 e. The lowest BCUT2D eigenvalue weighted by molar-refractivity contribution is 0.372. The Hall–Kier alpha value is -1.31. The summed E-state index contributed by atoms with van der Waals surface area (Å²) in [6.45, 7) is 3.57. The fourth-order valence-corrected chi connectivity index (χ4v) is 2.97. The van der Waals surface area contributed by atoms with E-state index in [-0.39, 0.29) is 22.9 Å². The zero-order valence-corrected chi connectivity index (χ0v) is 12.4. The van der Waals surface area contributed by atoms with Crippen LogP contribution in [0.4, 0.5) is 0 Å². The molecule has 0 unspecified atom stereocenters. The summed E-state index contributed by atoms with van der Waals surface area (Å²) in [7, 11) is -0.952. The molecule has 0 bridgehead atoms. The van der Waals surface area contributed by atoms with Crippen molar-refractivity contribution < 1.29 is 17.9 Å². The molecular formula is C12H20N2O4S. The van der Waals surface area contributed by atoms with Crippen molar-refractivity contribution >= 4 is 10.0 Å². The Morgan fingerprint density at radius 2 is 1.68 bits per heavy atom. The van der Waals surface area contributed by atoms with Crippen LogP contribution in [0, 0.1) is 0 Å². The molecule has 108 valence electrons. The zero-order chi connectivity index (χ0) is 14.7. The lowest BCUT2D eigenvalue weighted by Gasteiger charge is -2.20. The summed E-state index contributed by atoms with van der Waals surface area (Å²) in [6.07, 6.45) is 0. The van der Waals surface area contributed by atoms with Gasteiger partial charge in [-0.2, -0.15) is 0 Å². The van der Waals surface area contributed by atoms with Gasteiger partial charge in [0.05, 0.1) is 14.2 Å². The lowest BCUT2D eigenvalue weighted by atomic mass is 10.1. The van der Waals surface area contributed by atoms with Crippen molar-refractivity contribution in [2.45, 2.75) is 24.3 Å². The number of methoxy groups -OCH3 is 2. The Morgan fingerprint density at radius 3 is 2.05 bits per heavy atom. The minimum Gasteiger partial charge on any atom is -0.495 e. The normalized spacial score (nSPS) is 12.3. The van der Waals surface area contributed by atoms with Crippen LogP contribution in [0.15, 0.2) is 23.1 Å². The van der Waals surface area contributed by atoms with Gasteiger partial charge < -0.3 is 15.2 Å². The second-order valence-corrected chi connectivity index (χ2v) is 6.51. The van der Waals surface area contributed by atoms with Gasteiger partial charge in [0.2, 0.25) is 10.0 Å². The molecule has 0 saturated carbocycles. The topological polar surface area (TPSA) is 90.6 Å². The van der Waals surface area contributed by atoms with Gasteiger partial charge in [-0.1, -0.05) is 6.07 Å². The molecule has 0 atom stereocenters. The fourth-order valence-electron chi connectivity index (χ4n) is 1.44. The molecule has 0 aliphatic carbocycles. The van der Waals surface area contributed by atoms with Crippen molar-refractivity contribution in [3.63, 3.8) is 0 Å². The highest BCUT2D eigenvalue weighted by Gasteiger charge is 2.26. The van der Waals surface area contributed by atoms with Gasteiger partial charge in [-0.05, 0) is 26.0 Å². The summed E-state index contributed by atoms with van der Waals surface area (Å²) < 4.78 is 37.2. The molecular weight excluding hydrogens is 268 g/mol. The Labute approximate surface area is 113 Å². The molecule has 1 rings (SSSR count). The van der Waals surface area contributed by atoms with Crippen LogP contribution >= 0.6 is 0 Å². The molecule has 0 aliphatic heterocycles. The second-order valence-electron chi connectivity index (χ2n) is 4.80. The molecule has 0 fully saturated rings. The van der Waals surface area contributed by atoms with Gasteiger partial charge in [0, 0.05) is 12.1 Å². The fraction of sp³-hybridized carbons (Fsp3) is 0.500. The number of benzene rings is 1. The largest absolute Gasteiger partial charge is 0.495 e. The summed E-state index contributed by atoms with van der Waals surface area (Å²) in [6, 6.07) is 4.78. The van der Waals surface area contributed by atoms with Crippen LogP contribution in [0.25, 0.3) is 0 Å². The molecule has 0 aliphatic rings. The Bertz CT molecular complexity index is 513. The first-order valence-corrected chi connectivity index (χ1v) is 7.19. The molecule has 19 heavy (non-hydrogen) atoms. The maximum atomic E-state index is 12.3. The van der Waals surface area contributed by atoms with Gasteiger partial charge >= 0.3 is 0 Å². The van der Waals surface area contributed by atoms with E-state index in [9.17, 15) is 8.42 Å². The van der Waals surface area contributed by atoms with Gasteiger partial charge in [-0.15, -0.1) is 0 Å². The number of hydrogen-bond acceptors (Lipinski definition) is 5. The molecule has 1 aromatic rings. The van der Waals surface area contributed by atoms with E-state index in [4.69, 9.17) is 15.2 Å². The van der Waals surface area contributed by atoms with Crippen LogP contribution in [0.2, 0.25) is 0 Å². The third-order valence-electron chi connectivity index (χ3n) is 2.37. The molecule has 0 spiro atoms. The van der Waals surface area contributed by atoms with Crippen molar-refractivity contribution in [3.8, 4) is 11.5 Å². The Kier molecular flexibility index (Phi) is 4.78. The third-order valence-corrected chi connectivity index (χ3v) is 3.83. The molecule has 1 aromatic carbocycles. The average Bonchev–Trinajstić information content (AvgIpc) is 2.34. The highest BCUT2D eigenvalue weighted by Crippen LogP contribution is 2.32. The van der Waals surface area contributed by atoms with Crippen LogP contribution in [0.1, 0.15) is 13.8 Å². The SMILES string of the molecule is COc1cccc(OC)c1S(=O)(=O)NCC(C)(C)N. The quantitative estimate of drug-likeness (QED) is 0.805. The predicted molar refractivity (Wildman–Crippen MR) is 73.0 cm³/mol. The minimum atomic E-state index is -3.76. The first-order valence-electron chi connectivity index (χ1n) is 5.71. The number of nitrogens with one attached hydrogen (secondary N) is 1. The van der Waals surface area contributed by atoms with Crippen molar-refractivity contribution in [2.24, 2.45) is 5.73 Å². The molecule has 0 heterocycles. The van der Waals surface area contributed by atoms with E-state index in [1.54, 1.807) is 32.0 Å². The van der Waals surface area contributed by atoms with Crippen LogP contribution in [-0.4, -0.2) is 34.7 Å². The molecule has 0 amide bonds. The zero-order valence-electron chi connectivity index (χ0n) is 11.6. The van der Waals surface area contributed by atoms with Crippen LogP contribution < -0.4 is 19.9 Å². The molecule has 6 nitrogen and oxygen atoms in total. The average molecular weight is 288 g/mol. The van der Waals surface area contributed by atoms with Crippen molar-refractivity contribution in [3.05, 3.63) is 18.2 Å². The van der Waals surface area contributed by atoms with E-state index in [0.717, 1.165) is 0 Å². The minimum absolute atomic E-state index is 0.0238. The predicted octanol–water partition coefficient (Wildman–Crippen LogP) is 0.719. The molecule has 0 radical (unpaired) electrons. The summed E-state index contributed by atoms with van der Waals surface area (Å²) >= 11 is 0. The lowest BCUT2D eigenvalue weighted by Crippen LogP contribution is -2.45. The molecule has 3 N–H and O–H groups in total. The van der Waals surface area contributed by atoms with Crippen LogP contribution in [0.3, 0.4) is 0 Å². The smallest absolute Gasteiger partial charge is 0.248 e. The maximum absolute atomic E-state index is 12.3. The Balaban J connectivity index is 3.20. The summed E-state index contributed by atoms with van der Waals surface area (Å²) in [5.74, 6) is 0.448. The van der Waals surface area contributed by atoms with E-state index in [2.05, 4.69) is 4.72 Å². The van der Waals surface area contributed by atoms with Gasteiger partial charge in [0.25, 0.3) is 0 Å². The highest BCUT2D eigenvalue weighted by atomic mass is 32.2.